The maximum atomic E-state index is 13.0. The number of carbonyl (C=O) groups is 2. The van der Waals surface area contributed by atoms with E-state index in [1.54, 1.807) is 30.2 Å². The lowest BCUT2D eigenvalue weighted by Gasteiger charge is -2.18. The average molecular weight is 420 g/mol. The molecule has 2 heterocycles. The molecule has 0 fully saturated rings. The molecular weight excluding hydrogens is 400 g/mol. The van der Waals surface area contributed by atoms with Crippen LogP contribution in [0, 0.1) is 0 Å². The molecule has 0 aliphatic carbocycles. The van der Waals surface area contributed by atoms with E-state index in [-0.39, 0.29) is 11.8 Å². The third-order valence-electron chi connectivity index (χ3n) is 5.57. The van der Waals surface area contributed by atoms with Gasteiger partial charge < -0.3 is 4.90 Å². The van der Waals surface area contributed by atoms with Gasteiger partial charge in [0.05, 0.1) is 23.6 Å². The summed E-state index contributed by atoms with van der Waals surface area (Å²) in [6, 6.07) is 24.5. The molecule has 1 aliphatic heterocycles. The van der Waals surface area contributed by atoms with Crippen LogP contribution in [-0.2, 0) is 6.54 Å². The van der Waals surface area contributed by atoms with Crippen LogP contribution in [0.2, 0.25) is 0 Å². The molecule has 2 amide bonds. The first-order valence-electron chi connectivity index (χ1n) is 10.3. The van der Waals surface area contributed by atoms with Crippen molar-refractivity contribution in [3.8, 4) is 0 Å². The van der Waals surface area contributed by atoms with E-state index in [4.69, 9.17) is 0 Å². The van der Waals surface area contributed by atoms with Gasteiger partial charge in [-0.3, -0.25) is 14.6 Å². The highest BCUT2D eigenvalue weighted by Gasteiger charge is 2.29. The number of aromatic nitrogens is 1. The molecule has 1 aromatic heterocycles. The standard InChI is InChI=1S/C26H20N4O2/c1-17(22-9-2-3-15-27-22)28-29-25(31)20-13-11-18(12-14-20)16-30-23-10-5-7-19-6-4-8-21(24(19)23)26(30)32/h2-15H,16H2,1H3,(H,29,31)/b28-17+. The number of rotatable bonds is 5. The molecular formula is C26H20N4O2. The fourth-order valence-electron chi connectivity index (χ4n) is 3.91. The minimum absolute atomic E-state index is 0.00189. The fraction of sp³-hybridized carbons (Fsp3) is 0.0769. The number of hydrogen-bond acceptors (Lipinski definition) is 4. The molecule has 0 radical (unpaired) electrons. The van der Waals surface area contributed by atoms with Gasteiger partial charge in [0, 0.05) is 22.7 Å². The van der Waals surface area contributed by atoms with Crippen LogP contribution in [0.3, 0.4) is 0 Å². The maximum Gasteiger partial charge on any atom is 0.271 e. The van der Waals surface area contributed by atoms with Crippen molar-refractivity contribution >= 4 is 34.0 Å². The van der Waals surface area contributed by atoms with E-state index >= 15 is 0 Å². The lowest BCUT2D eigenvalue weighted by atomic mass is 10.1. The SMILES string of the molecule is C/C(=N\NC(=O)c1ccc(CN2C(=O)c3cccc4cccc2c34)cc1)c1ccccn1. The van der Waals surface area contributed by atoms with Gasteiger partial charge in [0.15, 0.2) is 0 Å². The summed E-state index contributed by atoms with van der Waals surface area (Å²) in [5.41, 5.74) is 6.97. The predicted molar refractivity (Wildman–Crippen MR) is 125 cm³/mol. The summed E-state index contributed by atoms with van der Waals surface area (Å²) in [5, 5.41) is 6.19. The smallest absolute Gasteiger partial charge is 0.271 e. The Kier molecular flexibility index (Phi) is 4.95. The predicted octanol–water partition coefficient (Wildman–Crippen LogP) is 4.55. The van der Waals surface area contributed by atoms with E-state index in [1.807, 2.05) is 66.7 Å². The zero-order valence-corrected chi connectivity index (χ0v) is 17.4. The summed E-state index contributed by atoms with van der Waals surface area (Å²) in [6.45, 7) is 2.22. The molecule has 1 aliphatic rings. The molecule has 32 heavy (non-hydrogen) atoms. The lowest BCUT2D eigenvalue weighted by molar-refractivity contribution is 0.0953. The van der Waals surface area contributed by atoms with Gasteiger partial charge in [-0.2, -0.15) is 5.10 Å². The van der Waals surface area contributed by atoms with Crippen LogP contribution in [-0.4, -0.2) is 22.5 Å². The molecule has 0 spiro atoms. The number of nitrogens with zero attached hydrogens (tertiary/aromatic N) is 3. The number of anilines is 1. The number of hydrogen-bond donors (Lipinski definition) is 1. The van der Waals surface area contributed by atoms with Crippen molar-refractivity contribution in [2.24, 2.45) is 5.10 Å². The van der Waals surface area contributed by atoms with Crippen molar-refractivity contribution in [3.63, 3.8) is 0 Å². The Bertz CT molecular complexity index is 1360. The molecule has 156 valence electrons. The zero-order valence-electron chi connectivity index (χ0n) is 17.4. The van der Waals surface area contributed by atoms with Crippen molar-refractivity contribution in [2.45, 2.75) is 13.5 Å². The minimum Gasteiger partial charge on any atom is -0.303 e. The summed E-state index contributed by atoms with van der Waals surface area (Å²) in [7, 11) is 0. The van der Waals surface area contributed by atoms with E-state index < -0.39 is 0 Å². The van der Waals surface area contributed by atoms with E-state index in [9.17, 15) is 9.59 Å². The Hall–Kier alpha value is -4.32. The summed E-state index contributed by atoms with van der Waals surface area (Å²) in [6.07, 6.45) is 1.68. The number of nitrogens with one attached hydrogen (secondary N) is 1. The van der Waals surface area contributed by atoms with Gasteiger partial charge in [0.1, 0.15) is 0 Å². The van der Waals surface area contributed by atoms with Crippen molar-refractivity contribution in [2.75, 3.05) is 4.90 Å². The first-order chi connectivity index (χ1) is 15.6. The van der Waals surface area contributed by atoms with Crippen molar-refractivity contribution in [1.82, 2.24) is 10.4 Å². The van der Waals surface area contributed by atoms with Gasteiger partial charge >= 0.3 is 0 Å². The number of amides is 2. The van der Waals surface area contributed by atoms with Gasteiger partial charge in [-0.15, -0.1) is 0 Å². The Morgan fingerprint density at radius 1 is 0.969 bits per heavy atom. The van der Waals surface area contributed by atoms with Crippen LogP contribution < -0.4 is 10.3 Å². The topological polar surface area (TPSA) is 74.7 Å². The van der Waals surface area contributed by atoms with Crippen LogP contribution >= 0.6 is 0 Å². The van der Waals surface area contributed by atoms with Gasteiger partial charge in [-0.25, -0.2) is 5.43 Å². The third-order valence-corrected chi connectivity index (χ3v) is 5.57. The molecule has 6 heteroatoms. The molecule has 0 unspecified atom stereocenters. The Labute approximate surface area is 185 Å². The molecule has 0 atom stereocenters. The number of pyridine rings is 1. The Balaban J connectivity index is 1.30. The largest absolute Gasteiger partial charge is 0.303 e. The average Bonchev–Trinajstić information content (AvgIpc) is 3.11. The van der Waals surface area contributed by atoms with Gasteiger partial charge in [0.2, 0.25) is 0 Å². The molecule has 5 rings (SSSR count). The zero-order chi connectivity index (χ0) is 22.1. The Morgan fingerprint density at radius 2 is 1.75 bits per heavy atom. The van der Waals surface area contributed by atoms with Crippen molar-refractivity contribution in [1.29, 1.82) is 0 Å². The second kappa shape index (κ2) is 8.07. The minimum atomic E-state index is -0.304. The first-order valence-corrected chi connectivity index (χ1v) is 10.3. The van der Waals surface area contributed by atoms with Crippen molar-refractivity contribution in [3.05, 3.63) is 107 Å². The molecule has 0 saturated carbocycles. The van der Waals surface area contributed by atoms with Crippen LogP contribution in [0.4, 0.5) is 5.69 Å². The van der Waals surface area contributed by atoms with Crippen LogP contribution in [0.5, 0.6) is 0 Å². The first kappa shape index (κ1) is 19.6. The normalized spacial score (nSPS) is 13.0. The lowest BCUT2D eigenvalue weighted by Crippen LogP contribution is -2.26. The van der Waals surface area contributed by atoms with Crippen LogP contribution in [0.1, 0.15) is 38.9 Å². The highest BCUT2D eigenvalue weighted by molar-refractivity contribution is 6.24. The van der Waals surface area contributed by atoms with Crippen LogP contribution in [0.25, 0.3) is 10.8 Å². The summed E-state index contributed by atoms with van der Waals surface area (Å²) in [4.78, 5) is 31.4. The molecule has 4 aromatic rings. The van der Waals surface area contributed by atoms with E-state index in [1.165, 1.54) is 0 Å². The quantitative estimate of drug-likeness (QED) is 0.380. The number of hydrazone groups is 1. The summed E-state index contributed by atoms with van der Waals surface area (Å²) in [5.74, 6) is -0.306. The summed E-state index contributed by atoms with van der Waals surface area (Å²) >= 11 is 0. The monoisotopic (exact) mass is 420 g/mol. The van der Waals surface area contributed by atoms with E-state index in [0.29, 0.717) is 23.5 Å². The molecule has 0 bridgehead atoms. The number of carbonyl (C=O) groups excluding carboxylic acids is 2. The second-order valence-corrected chi connectivity index (χ2v) is 7.62. The van der Waals surface area contributed by atoms with Gasteiger partial charge in [-0.1, -0.05) is 42.5 Å². The second-order valence-electron chi connectivity index (χ2n) is 7.62. The highest BCUT2D eigenvalue weighted by atomic mass is 16.2. The molecule has 6 nitrogen and oxygen atoms in total. The van der Waals surface area contributed by atoms with E-state index in [2.05, 4.69) is 15.5 Å². The molecule has 3 aromatic carbocycles. The summed E-state index contributed by atoms with van der Waals surface area (Å²) < 4.78 is 0. The van der Waals surface area contributed by atoms with Gasteiger partial charge in [-0.05, 0) is 54.3 Å². The molecule has 1 N–H and O–H groups in total. The van der Waals surface area contributed by atoms with Gasteiger partial charge in [0.25, 0.3) is 11.8 Å². The fourth-order valence-corrected chi connectivity index (χ4v) is 3.91. The third kappa shape index (κ3) is 3.52. The van der Waals surface area contributed by atoms with E-state index in [0.717, 1.165) is 27.6 Å². The maximum absolute atomic E-state index is 13.0. The Morgan fingerprint density at radius 3 is 2.50 bits per heavy atom. The highest BCUT2D eigenvalue weighted by Crippen LogP contribution is 2.37. The van der Waals surface area contributed by atoms with Crippen LogP contribution in [0.15, 0.2) is 90.2 Å². The number of benzene rings is 3. The molecule has 0 saturated heterocycles. The van der Waals surface area contributed by atoms with Crippen molar-refractivity contribution < 1.29 is 9.59 Å².